The van der Waals surface area contributed by atoms with E-state index in [2.05, 4.69) is 28.3 Å². The Bertz CT molecular complexity index is 687. The molecule has 1 aromatic heterocycles. The number of nitrogens with zero attached hydrogens (tertiary/aromatic N) is 2. The summed E-state index contributed by atoms with van der Waals surface area (Å²) >= 11 is 0. The first-order valence-electron chi connectivity index (χ1n) is 9.09. The lowest BCUT2D eigenvalue weighted by atomic mass is 9.77. The van der Waals surface area contributed by atoms with Crippen molar-refractivity contribution in [3.8, 4) is 5.75 Å². The molecule has 0 aliphatic heterocycles. The number of nitrogens with two attached hydrogens (primary N) is 1. The zero-order valence-electron chi connectivity index (χ0n) is 14.0. The van der Waals surface area contributed by atoms with Gasteiger partial charge in [-0.2, -0.15) is 4.98 Å². The molecule has 24 heavy (non-hydrogen) atoms. The summed E-state index contributed by atoms with van der Waals surface area (Å²) in [6, 6.07) is 8.35. The molecule has 2 fully saturated rings. The van der Waals surface area contributed by atoms with Crippen molar-refractivity contribution in [1.29, 1.82) is 0 Å². The molecule has 2 aliphatic rings. The largest absolute Gasteiger partial charge is 0.490 e. The van der Waals surface area contributed by atoms with E-state index in [4.69, 9.17) is 15.0 Å². The van der Waals surface area contributed by atoms with Crippen LogP contribution in [-0.2, 0) is 18.4 Å². The van der Waals surface area contributed by atoms with Crippen LogP contribution in [0.3, 0.4) is 0 Å². The van der Waals surface area contributed by atoms with E-state index < -0.39 is 0 Å². The minimum absolute atomic E-state index is 0.350. The second-order valence-electron chi connectivity index (χ2n) is 7.19. The van der Waals surface area contributed by atoms with E-state index in [0.29, 0.717) is 17.8 Å². The van der Waals surface area contributed by atoms with E-state index >= 15 is 0 Å². The summed E-state index contributed by atoms with van der Waals surface area (Å²) in [5, 5.41) is 4.07. The summed E-state index contributed by atoms with van der Waals surface area (Å²) < 4.78 is 11.4. The number of aryl methyl sites for hydroxylation is 2. The van der Waals surface area contributed by atoms with Gasteiger partial charge in [0.05, 0.1) is 11.6 Å². The van der Waals surface area contributed by atoms with E-state index in [1.807, 2.05) is 6.07 Å². The van der Waals surface area contributed by atoms with Gasteiger partial charge in [0.2, 0.25) is 5.89 Å². The topological polar surface area (TPSA) is 74.2 Å². The summed E-state index contributed by atoms with van der Waals surface area (Å²) in [5.41, 5.74) is 7.12. The fourth-order valence-corrected chi connectivity index (χ4v) is 3.56. The minimum atomic E-state index is -0.350. The van der Waals surface area contributed by atoms with E-state index in [1.165, 1.54) is 31.2 Å². The molecule has 128 valence electrons. The van der Waals surface area contributed by atoms with Gasteiger partial charge < -0.3 is 15.0 Å². The Hall–Kier alpha value is -1.88. The molecule has 1 aromatic carbocycles. The molecule has 2 aliphatic carbocycles. The number of rotatable bonds is 6. The van der Waals surface area contributed by atoms with Crippen LogP contribution >= 0.6 is 0 Å². The zero-order valence-corrected chi connectivity index (χ0v) is 14.0. The van der Waals surface area contributed by atoms with E-state index in [1.54, 1.807) is 0 Å². The first-order chi connectivity index (χ1) is 11.7. The van der Waals surface area contributed by atoms with Gasteiger partial charge in [-0.3, -0.25) is 0 Å². The molecule has 0 bridgehead atoms. The molecule has 2 aromatic rings. The normalized spacial score (nSPS) is 20.0. The lowest BCUT2D eigenvalue weighted by Gasteiger charge is -2.34. The molecule has 1 heterocycles. The highest BCUT2D eigenvalue weighted by molar-refractivity contribution is 5.29. The van der Waals surface area contributed by atoms with E-state index in [0.717, 1.165) is 37.9 Å². The van der Waals surface area contributed by atoms with Crippen molar-refractivity contribution in [2.45, 2.75) is 69.4 Å². The Balaban J connectivity index is 1.35. The first-order valence-corrected chi connectivity index (χ1v) is 9.09. The maximum absolute atomic E-state index is 6.24. The monoisotopic (exact) mass is 327 g/mol. The quantitative estimate of drug-likeness (QED) is 0.879. The highest BCUT2D eigenvalue weighted by Crippen LogP contribution is 2.36. The van der Waals surface area contributed by atoms with Crippen LogP contribution in [0.1, 0.15) is 62.2 Å². The summed E-state index contributed by atoms with van der Waals surface area (Å²) in [6.07, 6.45) is 9.96. The van der Waals surface area contributed by atoms with Crippen LogP contribution < -0.4 is 10.5 Å². The van der Waals surface area contributed by atoms with Crippen molar-refractivity contribution in [2.24, 2.45) is 5.73 Å². The second-order valence-corrected chi connectivity index (χ2v) is 7.19. The molecule has 0 amide bonds. The van der Waals surface area contributed by atoms with Crippen LogP contribution in [-0.4, -0.2) is 16.2 Å². The van der Waals surface area contributed by atoms with Crippen LogP contribution in [0.4, 0.5) is 0 Å². The minimum Gasteiger partial charge on any atom is -0.490 e. The fraction of sp³-hybridized carbons (Fsp3) is 0.579. The molecule has 0 spiro atoms. The average molecular weight is 327 g/mol. The van der Waals surface area contributed by atoms with Crippen LogP contribution in [0.15, 0.2) is 28.8 Å². The van der Waals surface area contributed by atoms with Gasteiger partial charge in [-0.25, -0.2) is 0 Å². The summed E-state index contributed by atoms with van der Waals surface area (Å²) in [6.45, 7) is 0. The van der Waals surface area contributed by atoms with Crippen LogP contribution in [0.2, 0.25) is 0 Å². The van der Waals surface area contributed by atoms with Gasteiger partial charge in [0.1, 0.15) is 5.75 Å². The van der Waals surface area contributed by atoms with Crippen molar-refractivity contribution < 1.29 is 9.26 Å². The van der Waals surface area contributed by atoms with Crippen LogP contribution in [0, 0.1) is 0 Å². The van der Waals surface area contributed by atoms with Gasteiger partial charge in [-0.15, -0.1) is 0 Å². The Morgan fingerprint density at radius 3 is 2.75 bits per heavy atom. The predicted molar refractivity (Wildman–Crippen MR) is 90.7 cm³/mol. The average Bonchev–Trinajstić information content (AvgIpc) is 3.23. The number of aromatic nitrogens is 2. The van der Waals surface area contributed by atoms with Crippen molar-refractivity contribution in [3.63, 3.8) is 0 Å². The molecule has 0 radical (unpaired) electrons. The van der Waals surface area contributed by atoms with Gasteiger partial charge in [0, 0.05) is 6.42 Å². The number of hydrogen-bond donors (Lipinski definition) is 1. The third-order valence-electron chi connectivity index (χ3n) is 5.29. The highest BCUT2D eigenvalue weighted by Gasteiger charge is 2.38. The van der Waals surface area contributed by atoms with Gasteiger partial charge in [-0.05, 0) is 69.1 Å². The lowest BCUT2D eigenvalue weighted by molar-refractivity contribution is 0.210. The van der Waals surface area contributed by atoms with E-state index in [-0.39, 0.29) is 5.54 Å². The number of hydrogen-bond acceptors (Lipinski definition) is 5. The Labute approximate surface area is 142 Å². The Kier molecular flexibility index (Phi) is 4.27. The maximum Gasteiger partial charge on any atom is 0.227 e. The van der Waals surface area contributed by atoms with E-state index in [9.17, 15) is 0 Å². The molecule has 0 unspecified atom stereocenters. The molecular formula is C19H25N3O2. The first kappa shape index (κ1) is 15.6. The third-order valence-corrected chi connectivity index (χ3v) is 5.29. The Morgan fingerprint density at radius 2 is 2.00 bits per heavy atom. The lowest BCUT2D eigenvalue weighted by Crippen LogP contribution is -2.44. The maximum atomic E-state index is 6.24. The third kappa shape index (κ3) is 3.31. The van der Waals surface area contributed by atoms with Crippen LogP contribution in [0.5, 0.6) is 5.75 Å². The molecular weight excluding hydrogens is 302 g/mol. The summed E-state index contributed by atoms with van der Waals surface area (Å²) in [5.74, 6) is 2.31. The SMILES string of the molecule is NC1(c2noc(CCc3cccc(OC4CCCC4)c3)n2)CCC1. The molecule has 5 heteroatoms. The standard InChI is InChI=1S/C19H25N3O2/c20-19(11-4-12-19)18-21-17(24-22-18)10-9-14-5-3-8-16(13-14)23-15-6-1-2-7-15/h3,5,8,13,15H,1-2,4,6-7,9-12,20H2. The fourth-order valence-electron chi connectivity index (χ4n) is 3.56. The van der Waals surface area contributed by atoms with Crippen molar-refractivity contribution in [3.05, 3.63) is 41.5 Å². The summed E-state index contributed by atoms with van der Waals surface area (Å²) in [7, 11) is 0. The molecule has 0 saturated heterocycles. The van der Waals surface area contributed by atoms with Gasteiger partial charge in [-0.1, -0.05) is 17.3 Å². The van der Waals surface area contributed by atoms with Gasteiger partial charge in [0.25, 0.3) is 0 Å². The predicted octanol–water partition coefficient (Wildman–Crippen LogP) is 3.51. The van der Waals surface area contributed by atoms with Gasteiger partial charge >= 0.3 is 0 Å². The molecule has 5 nitrogen and oxygen atoms in total. The molecule has 2 N–H and O–H groups in total. The second kappa shape index (κ2) is 6.55. The van der Waals surface area contributed by atoms with Crippen molar-refractivity contribution in [1.82, 2.24) is 10.1 Å². The zero-order chi connectivity index (χ0) is 16.4. The Morgan fingerprint density at radius 1 is 1.17 bits per heavy atom. The highest BCUT2D eigenvalue weighted by atomic mass is 16.5. The van der Waals surface area contributed by atoms with Crippen LogP contribution in [0.25, 0.3) is 0 Å². The summed E-state index contributed by atoms with van der Waals surface area (Å²) in [4.78, 5) is 4.49. The smallest absolute Gasteiger partial charge is 0.227 e. The van der Waals surface area contributed by atoms with Crippen molar-refractivity contribution in [2.75, 3.05) is 0 Å². The van der Waals surface area contributed by atoms with Gasteiger partial charge in [0.15, 0.2) is 5.82 Å². The molecule has 2 saturated carbocycles. The molecule has 4 rings (SSSR count). The number of ether oxygens (including phenoxy) is 1. The van der Waals surface area contributed by atoms with Crippen molar-refractivity contribution >= 4 is 0 Å². The molecule has 0 atom stereocenters. The number of benzene rings is 1.